The first-order valence-corrected chi connectivity index (χ1v) is 4.55. The van der Waals surface area contributed by atoms with Gasteiger partial charge in [-0.1, -0.05) is 30.3 Å². The summed E-state index contributed by atoms with van der Waals surface area (Å²) >= 11 is 0. The first kappa shape index (κ1) is 9.45. The molecule has 0 radical (unpaired) electrons. The fourth-order valence-electron chi connectivity index (χ4n) is 1.36. The second-order valence-electron chi connectivity index (χ2n) is 3.04. The number of hydrogen-bond acceptors (Lipinski definition) is 3. The van der Waals surface area contributed by atoms with Gasteiger partial charge in [0.05, 0.1) is 6.54 Å². The monoisotopic (exact) mass is 202 g/mol. The molecular weight excluding hydrogens is 192 g/mol. The average molecular weight is 202 g/mol. The van der Waals surface area contributed by atoms with E-state index in [1.54, 1.807) is 17.0 Å². The Balaban J connectivity index is 2.17. The Bertz CT molecular complexity index is 437. The molecule has 0 bridgehead atoms. The summed E-state index contributed by atoms with van der Waals surface area (Å²) in [6, 6.07) is 10.2. The van der Waals surface area contributed by atoms with E-state index in [1.165, 1.54) is 0 Å². The lowest BCUT2D eigenvalue weighted by Crippen LogP contribution is -2.02. The number of imidazole rings is 1. The van der Waals surface area contributed by atoms with Crippen molar-refractivity contribution in [2.75, 3.05) is 0 Å². The Kier molecular flexibility index (Phi) is 2.78. The fraction of sp³-hybridized carbons (Fsp3) is 0.0909. The molecule has 15 heavy (non-hydrogen) atoms. The third-order valence-electron chi connectivity index (χ3n) is 2.03. The summed E-state index contributed by atoms with van der Waals surface area (Å²) in [5.74, 6) is 0. The number of carbonyl (C=O) groups is 1. The van der Waals surface area contributed by atoms with Crippen molar-refractivity contribution in [3.63, 3.8) is 0 Å². The molecule has 76 valence electrons. The lowest BCUT2D eigenvalue weighted by Gasteiger charge is -2.04. The van der Waals surface area contributed by atoms with E-state index in [-0.39, 0.29) is 0 Å². The zero-order valence-corrected chi connectivity index (χ0v) is 8.04. The van der Waals surface area contributed by atoms with E-state index in [2.05, 4.69) is 4.98 Å². The van der Waals surface area contributed by atoms with Gasteiger partial charge in [0, 0.05) is 12.4 Å². The van der Waals surface area contributed by atoms with Crippen LogP contribution in [0.3, 0.4) is 0 Å². The molecule has 2 aromatic rings. The molecule has 0 saturated carbocycles. The Morgan fingerprint density at radius 1 is 1.33 bits per heavy atom. The van der Waals surface area contributed by atoms with Crippen molar-refractivity contribution in [2.45, 2.75) is 6.54 Å². The van der Waals surface area contributed by atoms with Crippen molar-refractivity contribution in [2.24, 2.45) is 0 Å². The van der Waals surface area contributed by atoms with Crippen molar-refractivity contribution in [3.05, 3.63) is 48.3 Å². The van der Waals surface area contributed by atoms with Crippen molar-refractivity contribution in [3.8, 4) is 6.01 Å². The summed E-state index contributed by atoms with van der Waals surface area (Å²) in [7, 11) is 0. The molecule has 0 spiro atoms. The Hall–Kier alpha value is -2.10. The largest absolute Gasteiger partial charge is 0.394 e. The van der Waals surface area contributed by atoms with Crippen LogP contribution in [-0.4, -0.2) is 16.0 Å². The minimum absolute atomic E-state index is 0.314. The van der Waals surface area contributed by atoms with Gasteiger partial charge in [0.15, 0.2) is 0 Å². The van der Waals surface area contributed by atoms with Gasteiger partial charge in [0.2, 0.25) is 0 Å². The number of aromatic nitrogens is 2. The summed E-state index contributed by atoms with van der Waals surface area (Å²) in [5, 5.41) is 0. The minimum atomic E-state index is 0.314. The standard InChI is InChI=1S/C11H10N2O2/c14-9-15-11-12-6-7-13(11)8-10-4-2-1-3-5-10/h1-7,9H,8H2. The Morgan fingerprint density at radius 2 is 2.13 bits per heavy atom. The third kappa shape index (κ3) is 2.22. The van der Waals surface area contributed by atoms with E-state index >= 15 is 0 Å². The highest BCUT2D eigenvalue weighted by molar-refractivity contribution is 5.41. The van der Waals surface area contributed by atoms with Crippen LogP contribution in [0.1, 0.15) is 5.56 Å². The van der Waals surface area contributed by atoms with Crippen LogP contribution in [0.15, 0.2) is 42.7 Å². The van der Waals surface area contributed by atoms with Gasteiger partial charge >= 0.3 is 12.5 Å². The first-order chi connectivity index (χ1) is 7.40. The maximum atomic E-state index is 10.2. The van der Waals surface area contributed by atoms with E-state index in [0.29, 0.717) is 19.0 Å². The van der Waals surface area contributed by atoms with E-state index in [1.807, 2.05) is 30.3 Å². The molecule has 4 nitrogen and oxygen atoms in total. The SMILES string of the molecule is O=COc1nccn1Cc1ccccc1. The van der Waals surface area contributed by atoms with Crippen LogP contribution >= 0.6 is 0 Å². The van der Waals surface area contributed by atoms with Crippen LogP contribution in [0.25, 0.3) is 0 Å². The van der Waals surface area contributed by atoms with Crippen LogP contribution in [0.5, 0.6) is 6.01 Å². The number of ether oxygens (including phenoxy) is 1. The molecule has 0 N–H and O–H groups in total. The lowest BCUT2D eigenvalue weighted by atomic mass is 10.2. The third-order valence-corrected chi connectivity index (χ3v) is 2.03. The van der Waals surface area contributed by atoms with Gasteiger partial charge in [-0.05, 0) is 5.56 Å². The van der Waals surface area contributed by atoms with Crippen LogP contribution in [-0.2, 0) is 11.3 Å². The molecular formula is C11H10N2O2. The van der Waals surface area contributed by atoms with Gasteiger partial charge < -0.3 is 4.74 Å². The smallest absolute Gasteiger partial charge is 0.304 e. The highest BCUT2D eigenvalue weighted by atomic mass is 16.5. The molecule has 2 rings (SSSR count). The summed E-state index contributed by atoms with van der Waals surface area (Å²) in [4.78, 5) is 14.1. The fourth-order valence-corrected chi connectivity index (χ4v) is 1.36. The molecule has 0 fully saturated rings. The van der Waals surface area contributed by atoms with Gasteiger partial charge in [-0.15, -0.1) is 0 Å². The van der Waals surface area contributed by atoms with E-state index in [0.717, 1.165) is 5.56 Å². The van der Waals surface area contributed by atoms with Crippen molar-refractivity contribution < 1.29 is 9.53 Å². The molecule has 1 aromatic heterocycles. The second kappa shape index (κ2) is 4.41. The zero-order chi connectivity index (χ0) is 10.5. The molecule has 0 amide bonds. The highest BCUT2D eigenvalue weighted by Crippen LogP contribution is 2.10. The van der Waals surface area contributed by atoms with Gasteiger partial charge in [-0.25, -0.2) is 4.98 Å². The highest BCUT2D eigenvalue weighted by Gasteiger charge is 2.03. The second-order valence-corrected chi connectivity index (χ2v) is 3.04. The predicted octanol–water partition coefficient (Wildman–Crippen LogP) is 1.47. The van der Waals surface area contributed by atoms with Crippen LogP contribution < -0.4 is 4.74 Å². The van der Waals surface area contributed by atoms with Gasteiger partial charge in [0.25, 0.3) is 0 Å². The number of nitrogens with zero attached hydrogens (tertiary/aromatic N) is 2. The quantitative estimate of drug-likeness (QED) is 0.705. The Morgan fingerprint density at radius 3 is 2.87 bits per heavy atom. The average Bonchev–Trinajstić information content (AvgIpc) is 2.68. The number of rotatable bonds is 4. The molecule has 1 heterocycles. The van der Waals surface area contributed by atoms with Crippen molar-refractivity contribution in [1.82, 2.24) is 9.55 Å². The van der Waals surface area contributed by atoms with E-state index in [9.17, 15) is 4.79 Å². The van der Waals surface area contributed by atoms with Gasteiger partial charge in [0.1, 0.15) is 0 Å². The summed E-state index contributed by atoms with van der Waals surface area (Å²) in [5.41, 5.74) is 1.13. The van der Waals surface area contributed by atoms with Gasteiger partial charge in [-0.3, -0.25) is 9.36 Å². The number of benzene rings is 1. The van der Waals surface area contributed by atoms with E-state index in [4.69, 9.17) is 4.74 Å². The zero-order valence-electron chi connectivity index (χ0n) is 8.04. The van der Waals surface area contributed by atoms with Crippen LogP contribution in [0.4, 0.5) is 0 Å². The summed E-state index contributed by atoms with van der Waals surface area (Å²) < 4.78 is 6.49. The topological polar surface area (TPSA) is 44.1 Å². The first-order valence-electron chi connectivity index (χ1n) is 4.55. The maximum Gasteiger partial charge on any atom is 0.304 e. The van der Waals surface area contributed by atoms with E-state index < -0.39 is 0 Å². The Labute approximate surface area is 87.1 Å². The maximum absolute atomic E-state index is 10.2. The van der Waals surface area contributed by atoms with Crippen molar-refractivity contribution >= 4 is 6.47 Å². The minimum Gasteiger partial charge on any atom is -0.394 e. The van der Waals surface area contributed by atoms with Crippen LogP contribution in [0, 0.1) is 0 Å². The predicted molar refractivity (Wildman–Crippen MR) is 54.5 cm³/mol. The lowest BCUT2D eigenvalue weighted by molar-refractivity contribution is -0.121. The normalized spacial score (nSPS) is 9.87. The molecule has 0 aliphatic heterocycles. The molecule has 0 saturated heterocycles. The van der Waals surface area contributed by atoms with Crippen LogP contribution in [0.2, 0.25) is 0 Å². The molecule has 0 aliphatic carbocycles. The number of hydrogen-bond donors (Lipinski definition) is 0. The molecule has 0 aliphatic rings. The van der Waals surface area contributed by atoms with Crippen molar-refractivity contribution in [1.29, 1.82) is 0 Å². The summed E-state index contributed by atoms with van der Waals surface area (Å²) in [6.45, 7) is 1.02. The molecule has 1 aromatic carbocycles. The number of carbonyl (C=O) groups excluding carboxylic acids is 1. The molecule has 4 heteroatoms. The molecule has 0 atom stereocenters. The van der Waals surface area contributed by atoms with Gasteiger partial charge in [-0.2, -0.15) is 0 Å². The summed E-state index contributed by atoms with van der Waals surface area (Å²) in [6.07, 6.45) is 3.37. The molecule has 0 unspecified atom stereocenters.